The second-order valence-electron chi connectivity index (χ2n) is 5.16. The number of aryl methyl sites for hydroxylation is 1. The predicted octanol–water partition coefficient (Wildman–Crippen LogP) is 1.72. The van der Waals surface area contributed by atoms with Gasteiger partial charge in [-0.1, -0.05) is 20.8 Å². The maximum atomic E-state index is 11.2. The van der Waals surface area contributed by atoms with Crippen LogP contribution in [0.5, 0.6) is 0 Å². The molecule has 1 atom stereocenters. The summed E-state index contributed by atoms with van der Waals surface area (Å²) in [5.41, 5.74) is 0.616. The summed E-state index contributed by atoms with van der Waals surface area (Å²) < 4.78 is 1.56. The number of nitrogens with zero attached hydrogens (tertiary/aromatic N) is 3. The van der Waals surface area contributed by atoms with E-state index in [9.17, 15) is 10.1 Å². The van der Waals surface area contributed by atoms with Crippen LogP contribution in [0.25, 0.3) is 0 Å². The Morgan fingerprint density at radius 2 is 2.00 bits per heavy atom. The van der Waals surface area contributed by atoms with E-state index in [1.54, 1.807) is 11.7 Å². The van der Waals surface area contributed by atoms with Crippen LogP contribution < -0.4 is 10.6 Å². The summed E-state index contributed by atoms with van der Waals surface area (Å²) in [6.07, 6.45) is 0. The van der Waals surface area contributed by atoms with Crippen molar-refractivity contribution in [2.45, 2.75) is 26.7 Å². The number of nitrogens with one attached hydrogen (secondary N) is 2. The van der Waals surface area contributed by atoms with Gasteiger partial charge in [0.05, 0.1) is 4.92 Å². The van der Waals surface area contributed by atoms with Gasteiger partial charge in [0.25, 0.3) is 0 Å². The lowest BCUT2D eigenvalue weighted by Gasteiger charge is -2.12. The van der Waals surface area contributed by atoms with Crippen LogP contribution in [0.2, 0.25) is 0 Å². The first-order valence-electron chi connectivity index (χ1n) is 6.48. The minimum Gasteiger partial charge on any atom is -0.364 e. The summed E-state index contributed by atoms with van der Waals surface area (Å²) in [5, 5.41) is 21.7. The highest BCUT2D eigenvalue weighted by atomic mass is 16.6. The van der Waals surface area contributed by atoms with E-state index in [-0.39, 0.29) is 16.5 Å². The fourth-order valence-electron chi connectivity index (χ4n) is 1.99. The lowest BCUT2D eigenvalue weighted by atomic mass is 10.1. The molecule has 0 fully saturated rings. The fourth-order valence-corrected chi connectivity index (χ4v) is 1.99. The number of aromatic nitrogens is 2. The lowest BCUT2D eigenvalue weighted by molar-refractivity contribution is -0.384. The molecule has 0 amide bonds. The van der Waals surface area contributed by atoms with Crippen LogP contribution in [-0.2, 0) is 7.05 Å². The average molecular weight is 269 g/mol. The third kappa shape index (κ3) is 3.66. The van der Waals surface area contributed by atoms with Crippen molar-refractivity contribution in [3.63, 3.8) is 0 Å². The highest BCUT2D eigenvalue weighted by Crippen LogP contribution is 2.32. The Morgan fingerprint density at radius 1 is 1.37 bits per heavy atom. The molecule has 0 bridgehead atoms. The maximum Gasteiger partial charge on any atom is 0.334 e. The smallest absolute Gasteiger partial charge is 0.334 e. The second-order valence-corrected chi connectivity index (χ2v) is 5.16. The second kappa shape index (κ2) is 6.51. The van der Waals surface area contributed by atoms with Crippen LogP contribution in [0.4, 0.5) is 11.5 Å². The summed E-state index contributed by atoms with van der Waals surface area (Å²) in [4.78, 5) is 10.9. The first kappa shape index (κ1) is 15.4. The molecule has 0 saturated heterocycles. The van der Waals surface area contributed by atoms with Crippen molar-refractivity contribution < 1.29 is 4.92 Å². The van der Waals surface area contributed by atoms with E-state index in [1.807, 2.05) is 20.9 Å². The SMILES string of the molecule is CNCC(C)CNc1c([N+](=O)[O-])c(C(C)C)nn1C. The maximum absolute atomic E-state index is 11.2. The number of hydrogen-bond donors (Lipinski definition) is 2. The molecule has 1 unspecified atom stereocenters. The predicted molar refractivity (Wildman–Crippen MR) is 75.5 cm³/mol. The number of hydrogen-bond acceptors (Lipinski definition) is 5. The summed E-state index contributed by atoms with van der Waals surface area (Å²) in [5.74, 6) is 0.885. The average Bonchev–Trinajstić information content (AvgIpc) is 2.64. The molecule has 0 aliphatic rings. The van der Waals surface area contributed by atoms with Crippen molar-refractivity contribution in [3.8, 4) is 0 Å². The Morgan fingerprint density at radius 3 is 2.47 bits per heavy atom. The van der Waals surface area contributed by atoms with Crippen molar-refractivity contribution in [1.82, 2.24) is 15.1 Å². The molecule has 0 aliphatic carbocycles. The van der Waals surface area contributed by atoms with Crippen molar-refractivity contribution in [2.24, 2.45) is 13.0 Å². The zero-order valence-corrected chi connectivity index (χ0v) is 12.2. The lowest BCUT2D eigenvalue weighted by Crippen LogP contribution is -2.23. The van der Waals surface area contributed by atoms with Crippen molar-refractivity contribution in [1.29, 1.82) is 0 Å². The Hall–Kier alpha value is -1.63. The highest BCUT2D eigenvalue weighted by Gasteiger charge is 2.28. The minimum atomic E-state index is -0.354. The van der Waals surface area contributed by atoms with E-state index in [0.29, 0.717) is 24.0 Å². The molecule has 0 aliphatic heterocycles. The minimum absolute atomic E-state index is 0.0249. The van der Waals surface area contributed by atoms with Crippen LogP contribution in [0.1, 0.15) is 32.4 Å². The quantitative estimate of drug-likeness (QED) is 0.581. The molecular weight excluding hydrogens is 246 g/mol. The van der Waals surface area contributed by atoms with E-state index in [1.165, 1.54) is 0 Å². The first-order valence-corrected chi connectivity index (χ1v) is 6.48. The summed E-state index contributed by atoms with van der Waals surface area (Å²) in [7, 11) is 3.61. The summed E-state index contributed by atoms with van der Waals surface area (Å²) in [6, 6.07) is 0. The molecular formula is C12H23N5O2. The molecule has 2 N–H and O–H groups in total. The van der Waals surface area contributed by atoms with Crippen LogP contribution in [0, 0.1) is 16.0 Å². The van der Waals surface area contributed by atoms with Gasteiger partial charge in [0, 0.05) is 19.5 Å². The van der Waals surface area contributed by atoms with Gasteiger partial charge in [0.2, 0.25) is 5.82 Å². The third-order valence-corrected chi connectivity index (χ3v) is 2.95. The molecule has 1 aromatic rings. The van der Waals surface area contributed by atoms with Gasteiger partial charge in [0.15, 0.2) is 0 Å². The van der Waals surface area contributed by atoms with Crippen molar-refractivity contribution >= 4 is 11.5 Å². The van der Waals surface area contributed by atoms with Gasteiger partial charge >= 0.3 is 5.69 Å². The molecule has 0 saturated carbocycles. The monoisotopic (exact) mass is 269 g/mol. The van der Waals surface area contributed by atoms with Gasteiger partial charge < -0.3 is 10.6 Å². The van der Waals surface area contributed by atoms with Crippen LogP contribution in [-0.4, -0.2) is 34.8 Å². The molecule has 19 heavy (non-hydrogen) atoms. The topological polar surface area (TPSA) is 85.0 Å². The van der Waals surface area contributed by atoms with Gasteiger partial charge in [-0.05, 0) is 19.5 Å². The Bertz CT molecular complexity index is 442. The summed E-state index contributed by atoms with van der Waals surface area (Å²) in [6.45, 7) is 7.41. The first-order chi connectivity index (χ1) is 8.88. The fraction of sp³-hybridized carbons (Fsp3) is 0.750. The summed E-state index contributed by atoms with van der Waals surface area (Å²) >= 11 is 0. The van der Waals surface area contributed by atoms with Gasteiger partial charge in [0.1, 0.15) is 5.69 Å². The third-order valence-electron chi connectivity index (χ3n) is 2.95. The largest absolute Gasteiger partial charge is 0.364 e. The normalized spacial score (nSPS) is 12.7. The Balaban J connectivity index is 2.96. The van der Waals surface area contributed by atoms with Gasteiger partial charge in [-0.2, -0.15) is 5.10 Å². The Kier molecular flexibility index (Phi) is 5.29. The Labute approximate surface area is 113 Å². The van der Waals surface area contributed by atoms with Crippen molar-refractivity contribution in [2.75, 3.05) is 25.5 Å². The van der Waals surface area contributed by atoms with Gasteiger partial charge in [-0.25, -0.2) is 4.68 Å². The molecule has 7 nitrogen and oxygen atoms in total. The van der Waals surface area contributed by atoms with E-state index in [2.05, 4.69) is 22.7 Å². The zero-order valence-electron chi connectivity index (χ0n) is 12.2. The number of rotatable bonds is 7. The highest BCUT2D eigenvalue weighted by molar-refractivity contribution is 5.60. The molecule has 1 rings (SSSR count). The molecule has 0 radical (unpaired) electrons. The van der Waals surface area contributed by atoms with Gasteiger partial charge in [-0.15, -0.1) is 0 Å². The molecule has 0 aromatic carbocycles. The van der Waals surface area contributed by atoms with Crippen molar-refractivity contribution in [3.05, 3.63) is 15.8 Å². The van der Waals surface area contributed by atoms with Crippen LogP contribution >= 0.6 is 0 Å². The van der Waals surface area contributed by atoms with E-state index in [4.69, 9.17) is 0 Å². The number of nitro groups is 1. The molecule has 1 heterocycles. The van der Waals surface area contributed by atoms with Crippen LogP contribution in [0.3, 0.4) is 0 Å². The van der Waals surface area contributed by atoms with E-state index >= 15 is 0 Å². The van der Waals surface area contributed by atoms with E-state index in [0.717, 1.165) is 6.54 Å². The van der Waals surface area contributed by atoms with Crippen LogP contribution in [0.15, 0.2) is 0 Å². The number of anilines is 1. The molecule has 7 heteroatoms. The molecule has 0 spiro atoms. The molecule has 1 aromatic heterocycles. The van der Waals surface area contributed by atoms with Gasteiger partial charge in [-0.3, -0.25) is 10.1 Å². The molecule has 108 valence electrons. The standard InChI is InChI=1S/C12H23N5O2/c1-8(2)10-11(17(18)19)12(16(5)15-10)14-7-9(3)6-13-4/h8-9,13-14H,6-7H2,1-5H3. The zero-order chi connectivity index (χ0) is 14.6. The van der Waals surface area contributed by atoms with E-state index < -0.39 is 0 Å².